The number of rotatable bonds is 11. The Hall–Kier alpha value is -4.27. The summed E-state index contributed by atoms with van der Waals surface area (Å²) in [5.41, 5.74) is 2.53. The number of aryl methyl sites for hydroxylation is 2. The molecular weight excluding hydrogens is 662 g/mol. The number of nitrogens with one attached hydrogen (secondary N) is 2. The van der Waals surface area contributed by atoms with Gasteiger partial charge in [-0.3, -0.25) is 0 Å². The van der Waals surface area contributed by atoms with Gasteiger partial charge < -0.3 is 29.2 Å². The second kappa shape index (κ2) is 15.7. The summed E-state index contributed by atoms with van der Waals surface area (Å²) in [4.78, 5) is 35.8. The summed E-state index contributed by atoms with van der Waals surface area (Å²) in [6.45, 7) is 12.2. The number of carbonyl (C=O) groups is 2. The fourth-order valence-corrected chi connectivity index (χ4v) is 7.18. The van der Waals surface area contributed by atoms with Crippen LogP contribution in [0, 0.1) is 19.8 Å². The Morgan fingerprint density at radius 2 is 1.70 bits per heavy atom. The minimum atomic E-state index is -4.24. The number of benzene rings is 2. The number of sulfonamides is 1. The van der Waals surface area contributed by atoms with Crippen molar-refractivity contribution in [3.05, 3.63) is 65.2 Å². The number of methoxy groups -OCH3 is 1. The lowest BCUT2D eigenvalue weighted by molar-refractivity contribution is 0.0274. The van der Waals surface area contributed by atoms with Gasteiger partial charge in [0, 0.05) is 31.4 Å². The van der Waals surface area contributed by atoms with Crippen LogP contribution in [0.25, 0.3) is 11.3 Å². The highest BCUT2D eigenvalue weighted by Crippen LogP contribution is 2.31. The van der Waals surface area contributed by atoms with Gasteiger partial charge in [0.1, 0.15) is 11.7 Å². The lowest BCUT2D eigenvalue weighted by Crippen LogP contribution is -2.43. The molecule has 270 valence electrons. The molecule has 2 aromatic carbocycles. The van der Waals surface area contributed by atoms with Crippen LogP contribution in [0.15, 0.2) is 53.4 Å². The molecule has 1 aromatic heterocycles. The van der Waals surface area contributed by atoms with Gasteiger partial charge in [0.2, 0.25) is 11.8 Å². The molecule has 2 aliphatic rings. The van der Waals surface area contributed by atoms with Crippen molar-refractivity contribution in [1.82, 2.24) is 20.2 Å². The minimum absolute atomic E-state index is 0.0794. The molecule has 0 saturated carbocycles. The highest BCUT2D eigenvalue weighted by atomic mass is 32.2. The SMILES string of the molecule is COC(=O)c1cccc(S(=O)(=O)Nc2nc(O[C@@H]3CN(C(=O)OC(C)(C)C)C[C@H]3NCCC3CCOCC3)cc(-c3c(C)cccc3C)n2)c1. The number of esters is 1. The molecular formula is C36H47N5O8S. The lowest BCUT2D eigenvalue weighted by Gasteiger charge is -2.25. The molecule has 13 nitrogen and oxygen atoms in total. The first-order valence-corrected chi connectivity index (χ1v) is 18.3. The third kappa shape index (κ3) is 9.49. The van der Waals surface area contributed by atoms with Crippen molar-refractivity contribution >= 4 is 28.0 Å². The van der Waals surface area contributed by atoms with Crippen LogP contribution in [0.3, 0.4) is 0 Å². The van der Waals surface area contributed by atoms with E-state index >= 15 is 0 Å². The molecule has 0 radical (unpaired) electrons. The van der Waals surface area contributed by atoms with E-state index in [4.69, 9.17) is 18.9 Å². The average molecular weight is 710 g/mol. The molecule has 2 N–H and O–H groups in total. The molecule has 2 aliphatic heterocycles. The van der Waals surface area contributed by atoms with E-state index in [1.807, 2.05) is 52.8 Å². The highest BCUT2D eigenvalue weighted by Gasteiger charge is 2.39. The van der Waals surface area contributed by atoms with Gasteiger partial charge in [-0.15, -0.1) is 0 Å². The van der Waals surface area contributed by atoms with Crippen molar-refractivity contribution in [2.24, 2.45) is 5.92 Å². The van der Waals surface area contributed by atoms with Gasteiger partial charge in [-0.25, -0.2) is 27.7 Å². The predicted molar refractivity (Wildman–Crippen MR) is 188 cm³/mol. The molecule has 0 bridgehead atoms. The Morgan fingerprint density at radius 3 is 2.38 bits per heavy atom. The van der Waals surface area contributed by atoms with E-state index in [2.05, 4.69) is 20.0 Å². The number of anilines is 1. The maximum atomic E-state index is 13.6. The molecule has 14 heteroatoms. The topological polar surface area (TPSA) is 158 Å². The Balaban J connectivity index is 1.46. The first kappa shape index (κ1) is 37.0. The van der Waals surface area contributed by atoms with Crippen LogP contribution in [0.1, 0.15) is 61.5 Å². The van der Waals surface area contributed by atoms with Gasteiger partial charge >= 0.3 is 12.1 Å². The van der Waals surface area contributed by atoms with Crippen LogP contribution < -0.4 is 14.8 Å². The van der Waals surface area contributed by atoms with E-state index in [0.29, 0.717) is 18.2 Å². The Kier molecular flexibility index (Phi) is 11.6. The summed E-state index contributed by atoms with van der Waals surface area (Å²) < 4.78 is 52.1. The number of aromatic nitrogens is 2. The zero-order valence-electron chi connectivity index (χ0n) is 29.5. The first-order chi connectivity index (χ1) is 23.7. The smallest absolute Gasteiger partial charge is 0.410 e. The van der Waals surface area contributed by atoms with E-state index in [0.717, 1.165) is 55.7 Å². The molecule has 5 rings (SSSR count). The van der Waals surface area contributed by atoms with Crippen LogP contribution >= 0.6 is 0 Å². The Bertz CT molecular complexity index is 1770. The third-order valence-corrected chi connectivity index (χ3v) is 10.0. The van der Waals surface area contributed by atoms with Crippen LogP contribution in [-0.2, 0) is 24.2 Å². The molecule has 2 atom stereocenters. The van der Waals surface area contributed by atoms with Gasteiger partial charge in [0.15, 0.2) is 0 Å². The van der Waals surface area contributed by atoms with Crippen LogP contribution in [0.2, 0.25) is 0 Å². The largest absolute Gasteiger partial charge is 0.471 e. The zero-order valence-corrected chi connectivity index (χ0v) is 30.3. The summed E-state index contributed by atoms with van der Waals surface area (Å²) in [6, 6.07) is 12.8. The minimum Gasteiger partial charge on any atom is -0.471 e. The predicted octanol–water partition coefficient (Wildman–Crippen LogP) is 5.12. The maximum Gasteiger partial charge on any atom is 0.410 e. The Morgan fingerprint density at radius 1 is 1.00 bits per heavy atom. The van der Waals surface area contributed by atoms with Crippen LogP contribution in [-0.4, -0.2) is 93.1 Å². The van der Waals surface area contributed by atoms with Gasteiger partial charge in [-0.1, -0.05) is 24.3 Å². The summed E-state index contributed by atoms with van der Waals surface area (Å²) in [5, 5.41) is 3.60. The molecule has 50 heavy (non-hydrogen) atoms. The van der Waals surface area contributed by atoms with Crippen LogP contribution in [0.5, 0.6) is 5.88 Å². The highest BCUT2D eigenvalue weighted by molar-refractivity contribution is 7.92. The van der Waals surface area contributed by atoms with Crippen molar-refractivity contribution in [2.45, 2.75) is 76.5 Å². The van der Waals surface area contributed by atoms with E-state index in [9.17, 15) is 18.0 Å². The number of hydrogen-bond acceptors (Lipinski definition) is 11. The van der Waals surface area contributed by atoms with Gasteiger partial charge in [0.25, 0.3) is 10.0 Å². The lowest BCUT2D eigenvalue weighted by atomic mass is 9.96. The summed E-state index contributed by atoms with van der Waals surface area (Å²) in [6.07, 6.45) is 2.03. The van der Waals surface area contributed by atoms with Crippen molar-refractivity contribution in [3.63, 3.8) is 0 Å². The average Bonchev–Trinajstić information content (AvgIpc) is 3.46. The summed E-state index contributed by atoms with van der Waals surface area (Å²) in [5.74, 6) is -0.191. The fourth-order valence-electron chi connectivity index (χ4n) is 6.19. The maximum absolute atomic E-state index is 13.6. The van der Waals surface area contributed by atoms with E-state index < -0.39 is 33.8 Å². The number of hydrogen-bond donors (Lipinski definition) is 2. The molecule has 2 fully saturated rings. The second-order valence-electron chi connectivity index (χ2n) is 13.8. The molecule has 3 aromatic rings. The van der Waals surface area contributed by atoms with E-state index in [1.54, 1.807) is 11.0 Å². The molecule has 0 unspecified atom stereocenters. The number of amides is 1. The first-order valence-electron chi connectivity index (χ1n) is 16.8. The van der Waals surface area contributed by atoms with Gasteiger partial charge in [-0.2, -0.15) is 4.98 Å². The molecule has 2 saturated heterocycles. The van der Waals surface area contributed by atoms with Crippen LogP contribution in [0.4, 0.5) is 10.7 Å². The second-order valence-corrected chi connectivity index (χ2v) is 15.4. The van der Waals surface area contributed by atoms with Crippen molar-refractivity contribution in [2.75, 3.05) is 44.7 Å². The summed E-state index contributed by atoms with van der Waals surface area (Å²) in [7, 11) is -3.02. The van der Waals surface area contributed by atoms with Crippen molar-refractivity contribution < 1.29 is 37.0 Å². The molecule has 0 aliphatic carbocycles. The van der Waals surface area contributed by atoms with E-state index in [1.165, 1.54) is 31.4 Å². The fraction of sp³-hybridized carbons (Fsp3) is 0.500. The molecule has 3 heterocycles. The van der Waals surface area contributed by atoms with Gasteiger partial charge in [0.05, 0.1) is 35.8 Å². The van der Waals surface area contributed by atoms with E-state index in [-0.39, 0.29) is 34.9 Å². The Labute approximate surface area is 294 Å². The van der Waals surface area contributed by atoms with Crippen molar-refractivity contribution in [3.8, 4) is 17.1 Å². The summed E-state index contributed by atoms with van der Waals surface area (Å²) >= 11 is 0. The quantitative estimate of drug-likeness (QED) is 0.255. The standard InChI is InChI=1S/C36H47N5O8S/c1-23-9-7-10-24(2)32(23)28-20-31(39-34(38-28)40-50(44,45)27-12-8-11-26(19-27)33(42)46-6)48-30-22-41(35(43)49-36(3,4)5)21-29(30)37-16-13-25-14-17-47-18-15-25/h7-12,19-20,25,29-30,37H,13-18,21-22H2,1-6H3,(H,38,39,40)/t29-,30-/m1/s1. The number of likely N-dealkylation sites (tertiary alicyclic amines) is 1. The molecule has 0 spiro atoms. The number of nitrogens with zero attached hydrogens (tertiary/aromatic N) is 3. The molecule has 1 amide bonds. The van der Waals surface area contributed by atoms with Gasteiger partial charge in [-0.05, 0) is 95.7 Å². The normalized spacial score (nSPS) is 18.5. The third-order valence-electron chi connectivity index (χ3n) is 8.72. The van der Waals surface area contributed by atoms with Crippen molar-refractivity contribution in [1.29, 1.82) is 0 Å². The number of ether oxygens (including phenoxy) is 4. The zero-order chi connectivity index (χ0) is 36.1. The monoisotopic (exact) mass is 709 g/mol. The number of carbonyl (C=O) groups excluding carboxylic acids is 2.